The minimum absolute atomic E-state index is 0.00195. The van der Waals surface area contributed by atoms with Crippen LogP contribution in [0.15, 0.2) is 29.8 Å². The summed E-state index contributed by atoms with van der Waals surface area (Å²) in [7, 11) is 0. The number of aromatic nitrogens is 1. The molecule has 1 aromatic rings. The zero-order valence-corrected chi connectivity index (χ0v) is 9.74. The van der Waals surface area contributed by atoms with Crippen molar-refractivity contribution >= 4 is 5.82 Å². The Balaban J connectivity index is 2.11. The van der Waals surface area contributed by atoms with Gasteiger partial charge >= 0.3 is 6.18 Å². The summed E-state index contributed by atoms with van der Waals surface area (Å²) in [6, 6.07) is 5.39. The molecule has 1 aliphatic rings. The van der Waals surface area contributed by atoms with Crippen molar-refractivity contribution in [3.05, 3.63) is 35.5 Å². The first-order chi connectivity index (χ1) is 8.50. The van der Waals surface area contributed by atoms with Gasteiger partial charge in [-0.15, -0.1) is 0 Å². The highest BCUT2D eigenvalue weighted by Gasteiger charge is 2.34. The minimum Gasteiger partial charge on any atom is -0.353 e. The average molecular weight is 257 g/mol. The third kappa shape index (κ3) is 2.81. The number of anilines is 1. The van der Waals surface area contributed by atoms with Gasteiger partial charge in [0.2, 0.25) is 0 Å². The molecule has 0 aromatic carbocycles. The van der Waals surface area contributed by atoms with E-state index in [1.807, 2.05) is 11.0 Å². The molecule has 0 saturated carbocycles. The van der Waals surface area contributed by atoms with Crippen molar-refractivity contribution in [3.63, 3.8) is 0 Å². The van der Waals surface area contributed by atoms with Crippen LogP contribution in [0.3, 0.4) is 0 Å². The monoisotopic (exact) mass is 257 g/mol. The molecule has 2 heterocycles. The summed E-state index contributed by atoms with van der Waals surface area (Å²) in [5.41, 5.74) is 5.77. The van der Waals surface area contributed by atoms with Crippen LogP contribution in [0.5, 0.6) is 0 Å². The van der Waals surface area contributed by atoms with Crippen LogP contribution in [-0.4, -0.2) is 24.2 Å². The molecule has 18 heavy (non-hydrogen) atoms. The van der Waals surface area contributed by atoms with Gasteiger partial charge in [-0.1, -0.05) is 12.1 Å². The van der Waals surface area contributed by atoms with E-state index < -0.39 is 11.7 Å². The fourth-order valence-corrected chi connectivity index (χ4v) is 1.89. The van der Waals surface area contributed by atoms with Crippen molar-refractivity contribution in [3.8, 4) is 0 Å². The largest absolute Gasteiger partial charge is 0.412 e. The predicted molar refractivity (Wildman–Crippen MR) is 63.1 cm³/mol. The van der Waals surface area contributed by atoms with E-state index in [1.165, 1.54) is 6.08 Å². The highest BCUT2D eigenvalue weighted by Crippen LogP contribution is 2.31. The molecule has 2 N–H and O–H groups in total. The van der Waals surface area contributed by atoms with Crippen molar-refractivity contribution in [2.45, 2.75) is 19.1 Å². The van der Waals surface area contributed by atoms with Gasteiger partial charge in [0.25, 0.3) is 0 Å². The molecule has 0 bridgehead atoms. The Bertz CT molecular complexity index is 454. The molecule has 0 unspecified atom stereocenters. The Morgan fingerprint density at radius 2 is 2.11 bits per heavy atom. The zero-order valence-electron chi connectivity index (χ0n) is 9.74. The number of halogens is 3. The molecule has 0 radical (unpaired) electrons. The maximum atomic E-state index is 12.5. The van der Waals surface area contributed by atoms with E-state index in [0.717, 1.165) is 5.69 Å². The Morgan fingerprint density at radius 1 is 1.33 bits per heavy atom. The van der Waals surface area contributed by atoms with Crippen molar-refractivity contribution in [1.29, 1.82) is 0 Å². The summed E-state index contributed by atoms with van der Waals surface area (Å²) < 4.78 is 37.4. The molecule has 6 heteroatoms. The maximum absolute atomic E-state index is 12.5. The number of hydrogen-bond acceptors (Lipinski definition) is 3. The molecule has 1 aromatic heterocycles. The quantitative estimate of drug-likeness (QED) is 0.826. The van der Waals surface area contributed by atoms with Gasteiger partial charge in [-0.05, 0) is 18.6 Å². The van der Waals surface area contributed by atoms with Crippen LogP contribution < -0.4 is 10.6 Å². The number of pyridine rings is 1. The first kappa shape index (κ1) is 12.9. The predicted octanol–water partition coefficient (Wildman–Crippen LogP) is 2.24. The van der Waals surface area contributed by atoms with E-state index in [-0.39, 0.29) is 13.0 Å². The maximum Gasteiger partial charge on any atom is 0.412 e. The highest BCUT2D eigenvalue weighted by atomic mass is 19.4. The molecular weight excluding hydrogens is 243 g/mol. The standard InChI is InChI=1S/C12H14F3N3/c13-12(14,15)9-4-6-18(7-5-9)11-3-1-2-10(8-16)17-11/h1-4H,5-8,16H2. The number of hydrogen-bond donors (Lipinski definition) is 1. The van der Waals surface area contributed by atoms with Crippen LogP contribution in [0.2, 0.25) is 0 Å². The lowest BCUT2D eigenvalue weighted by Gasteiger charge is -2.28. The van der Waals surface area contributed by atoms with Crippen LogP contribution in [0, 0.1) is 0 Å². The molecule has 0 atom stereocenters. The topological polar surface area (TPSA) is 42.1 Å². The van der Waals surface area contributed by atoms with Gasteiger partial charge in [0, 0.05) is 25.2 Å². The summed E-state index contributed by atoms with van der Waals surface area (Å²) in [5.74, 6) is 0.676. The minimum atomic E-state index is -4.21. The second-order valence-corrected chi connectivity index (χ2v) is 4.11. The summed E-state index contributed by atoms with van der Waals surface area (Å²) in [6.45, 7) is 0.882. The summed E-state index contributed by atoms with van der Waals surface area (Å²) in [4.78, 5) is 6.11. The first-order valence-electron chi connectivity index (χ1n) is 5.68. The van der Waals surface area contributed by atoms with E-state index in [0.29, 0.717) is 18.9 Å². The van der Waals surface area contributed by atoms with Gasteiger partial charge in [0.15, 0.2) is 0 Å². The van der Waals surface area contributed by atoms with Crippen molar-refractivity contribution in [1.82, 2.24) is 4.98 Å². The number of rotatable bonds is 2. The average Bonchev–Trinajstić information content (AvgIpc) is 2.38. The summed E-state index contributed by atoms with van der Waals surface area (Å²) in [6.07, 6.45) is -2.99. The Morgan fingerprint density at radius 3 is 2.67 bits per heavy atom. The zero-order chi connectivity index (χ0) is 13.2. The summed E-state index contributed by atoms with van der Waals surface area (Å²) in [5, 5.41) is 0. The lowest BCUT2D eigenvalue weighted by Crippen LogP contribution is -2.32. The van der Waals surface area contributed by atoms with Crippen molar-refractivity contribution in [2.75, 3.05) is 18.0 Å². The van der Waals surface area contributed by atoms with Crippen molar-refractivity contribution < 1.29 is 13.2 Å². The van der Waals surface area contributed by atoms with Crippen LogP contribution in [-0.2, 0) is 6.54 Å². The van der Waals surface area contributed by atoms with Crippen LogP contribution in [0.1, 0.15) is 12.1 Å². The molecule has 0 fully saturated rings. The Hall–Kier alpha value is -1.56. The number of nitrogens with zero attached hydrogens (tertiary/aromatic N) is 2. The SMILES string of the molecule is NCc1cccc(N2CC=C(C(F)(F)F)CC2)n1. The first-order valence-corrected chi connectivity index (χ1v) is 5.68. The van der Waals surface area contributed by atoms with E-state index in [2.05, 4.69) is 4.98 Å². The van der Waals surface area contributed by atoms with Gasteiger partial charge in [-0.2, -0.15) is 13.2 Å². The van der Waals surface area contributed by atoms with Gasteiger partial charge in [0.05, 0.1) is 5.69 Å². The van der Waals surface area contributed by atoms with E-state index in [1.54, 1.807) is 12.1 Å². The molecule has 2 rings (SSSR count). The van der Waals surface area contributed by atoms with Crippen molar-refractivity contribution in [2.24, 2.45) is 5.73 Å². The van der Waals surface area contributed by atoms with E-state index >= 15 is 0 Å². The third-order valence-electron chi connectivity index (χ3n) is 2.90. The molecule has 3 nitrogen and oxygen atoms in total. The molecule has 0 spiro atoms. The lowest BCUT2D eigenvalue weighted by molar-refractivity contribution is -0.0944. The van der Waals surface area contributed by atoms with E-state index in [9.17, 15) is 13.2 Å². The second-order valence-electron chi connectivity index (χ2n) is 4.11. The van der Waals surface area contributed by atoms with Gasteiger partial charge in [-0.25, -0.2) is 4.98 Å². The molecule has 0 amide bonds. The number of alkyl halides is 3. The molecule has 0 aliphatic carbocycles. The highest BCUT2D eigenvalue weighted by molar-refractivity contribution is 5.42. The number of nitrogens with two attached hydrogens (primary N) is 1. The van der Waals surface area contributed by atoms with Crippen LogP contribution >= 0.6 is 0 Å². The summed E-state index contributed by atoms with van der Waals surface area (Å²) >= 11 is 0. The van der Waals surface area contributed by atoms with E-state index in [4.69, 9.17) is 5.73 Å². The Labute approximate surface area is 103 Å². The second kappa shape index (κ2) is 4.97. The Kier molecular flexibility index (Phi) is 3.56. The van der Waals surface area contributed by atoms with Gasteiger partial charge in [-0.3, -0.25) is 0 Å². The third-order valence-corrected chi connectivity index (χ3v) is 2.90. The molecule has 98 valence electrons. The fraction of sp³-hybridized carbons (Fsp3) is 0.417. The molecule has 1 aliphatic heterocycles. The molecular formula is C12H14F3N3. The normalized spacial score (nSPS) is 16.7. The van der Waals surface area contributed by atoms with Crippen LogP contribution in [0.25, 0.3) is 0 Å². The van der Waals surface area contributed by atoms with Gasteiger partial charge in [0.1, 0.15) is 5.82 Å². The lowest BCUT2D eigenvalue weighted by atomic mass is 10.1. The fourth-order valence-electron chi connectivity index (χ4n) is 1.89. The smallest absolute Gasteiger partial charge is 0.353 e. The molecule has 0 saturated heterocycles. The van der Waals surface area contributed by atoms with Gasteiger partial charge < -0.3 is 10.6 Å². The van der Waals surface area contributed by atoms with Crippen LogP contribution in [0.4, 0.5) is 19.0 Å².